The minimum atomic E-state index is -4.33. The topological polar surface area (TPSA) is 42.0 Å². The van der Waals surface area contributed by atoms with Crippen molar-refractivity contribution in [1.82, 2.24) is 10.3 Å². The lowest BCUT2D eigenvalue weighted by Gasteiger charge is -2.08. The van der Waals surface area contributed by atoms with Crippen LogP contribution in [0.25, 0.3) is 10.2 Å². The van der Waals surface area contributed by atoms with E-state index in [-0.39, 0.29) is 5.91 Å². The van der Waals surface area contributed by atoms with Crippen molar-refractivity contribution >= 4 is 27.5 Å². The van der Waals surface area contributed by atoms with E-state index < -0.39 is 11.7 Å². The van der Waals surface area contributed by atoms with Gasteiger partial charge in [-0.2, -0.15) is 13.2 Å². The van der Waals surface area contributed by atoms with E-state index >= 15 is 0 Å². The molecule has 0 radical (unpaired) electrons. The molecule has 0 saturated carbocycles. The number of alkyl halides is 3. The molecule has 1 N–H and O–H groups in total. The molecule has 26 heavy (non-hydrogen) atoms. The zero-order valence-corrected chi connectivity index (χ0v) is 14.7. The van der Waals surface area contributed by atoms with E-state index in [1.807, 2.05) is 24.3 Å². The van der Waals surface area contributed by atoms with Crippen LogP contribution in [0.15, 0.2) is 48.5 Å². The number of nitrogens with one attached hydrogen (secondary N) is 1. The molecule has 0 aliphatic rings. The minimum absolute atomic E-state index is 0.0869. The highest BCUT2D eigenvalue weighted by molar-refractivity contribution is 7.18. The number of carbonyl (C=O) groups is 1. The number of halogens is 3. The molecule has 1 heterocycles. The van der Waals surface area contributed by atoms with Gasteiger partial charge >= 0.3 is 6.18 Å². The molecule has 0 atom stereocenters. The second kappa shape index (κ2) is 7.86. The predicted octanol–water partition coefficient (Wildman–Crippen LogP) is 4.61. The van der Waals surface area contributed by atoms with Crippen LogP contribution in [-0.2, 0) is 23.8 Å². The van der Waals surface area contributed by atoms with Gasteiger partial charge in [0.05, 0.1) is 20.8 Å². The molecule has 3 aromatic rings. The molecule has 0 bridgehead atoms. The highest BCUT2D eigenvalue weighted by atomic mass is 32.1. The van der Waals surface area contributed by atoms with Crippen molar-refractivity contribution in [2.75, 3.05) is 6.54 Å². The maximum Gasteiger partial charge on any atom is 0.416 e. The number of amides is 1. The van der Waals surface area contributed by atoms with Gasteiger partial charge in [-0.05, 0) is 36.2 Å². The fourth-order valence-electron chi connectivity index (χ4n) is 2.54. The summed E-state index contributed by atoms with van der Waals surface area (Å²) < 4.78 is 38.6. The number of thiazole rings is 1. The van der Waals surface area contributed by atoms with Gasteiger partial charge in [0.15, 0.2) is 0 Å². The summed E-state index contributed by atoms with van der Waals surface area (Å²) >= 11 is 1.58. The largest absolute Gasteiger partial charge is 0.416 e. The van der Waals surface area contributed by atoms with Crippen molar-refractivity contribution in [3.8, 4) is 0 Å². The molecule has 0 fully saturated rings. The van der Waals surface area contributed by atoms with Gasteiger partial charge in [0.2, 0.25) is 5.91 Å². The van der Waals surface area contributed by atoms with Crippen molar-refractivity contribution in [2.45, 2.75) is 25.4 Å². The van der Waals surface area contributed by atoms with Crippen LogP contribution < -0.4 is 5.32 Å². The summed E-state index contributed by atoms with van der Waals surface area (Å²) in [6.45, 7) is 0.393. The van der Waals surface area contributed by atoms with Crippen LogP contribution in [-0.4, -0.2) is 17.4 Å². The lowest BCUT2D eigenvalue weighted by atomic mass is 10.1. The molecular weight excluding hydrogens is 361 g/mol. The zero-order valence-electron chi connectivity index (χ0n) is 13.8. The molecule has 0 saturated heterocycles. The summed E-state index contributed by atoms with van der Waals surface area (Å²) in [5.74, 6) is -0.0869. The van der Waals surface area contributed by atoms with Crippen molar-refractivity contribution in [1.29, 1.82) is 0 Å². The third-order valence-electron chi connectivity index (χ3n) is 3.92. The average molecular weight is 378 g/mol. The van der Waals surface area contributed by atoms with E-state index in [1.165, 1.54) is 12.1 Å². The molecule has 1 aromatic heterocycles. The van der Waals surface area contributed by atoms with Crippen LogP contribution in [0.5, 0.6) is 0 Å². The summed E-state index contributed by atoms with van der Waals surface area (Å²) in [7, 11) is 0. The van der Waals surface area contributed by atoms with Gasteiger partial charge in [0.25, 0.3) is 0 Å². The Labute approximate surface area is 152 Å². The number of benzene rings is 2. The number of aromatic nitrogens is 1. The van der Waals surface area contributed by atoms with E-state index in [2.05, 4.69) is 10.3 Å². The Morgan fingerprint density at radius 2 is 1.77 bits per heavy atom. The van der Waals surface area contributed by atoms with Gasteiger partial charge in [-0.1, -0.05) is 24.3 Å². The van der Waals surface area contributed by atoms with Crippen LogP contribution in [0.1, 0.15) is 22.6 Å². The number of nitrogens with zero attached hydrogens (tertiary/aromatic N) is 1. The van der Waals surface area contributed by atoms with Crippen LogP contribution in [0.3, 0.4) is 0 Å². The lowest BCUT2D eigenvalue weighted by Crippen LogP contribution is -2.25. The van der Waals surface area contributed by atoms with E-state index in [1.54, 1.807) is 11.3 Å². The molecule has 0 aliphatic carbocycles. The fourth-order valence-corrected chi connectivity index (χ4v) is 3.51. The first-order valence-electron chi connectivity index (χ1n) is 8.19. The first-order chi connectivity index (χ1) is 12.4. The number of rotatable bonds is 6. The van der Waals surface area contributed by atoms with Crippen molar-refractivity contribution in [3.05, 3.63) is 64.7 Å². The normalized spacial score (nSPS) is 11.7. The summed E-state index contributed by atoms with van der Waals surface area (Å²) in [5, 5.41) is 3.72. The molecule has 0 aliphatic heterocycles. The Morgan fingerprint density at radius 3 is 2.46 bits per heavy atom. The lowest BCUT2D eigenvalue weighted by molar-refractivity contribution is -0.137. The van der Waals surface area contributed by atoms with Crippen LogP contribution >= 0.6 is 11.3 Å². The fraction of sp³-hybridized carbons (Fsp3) is 0.263. The smallest absolute Gasteiger partial charge is 0.356 e. The number of para-hydroxylation sites is 1. The molecule has 2 aromatic carbocycles. The Morgan fingerprint density at radius 1 is 1.04 bits per heavy atom. The van der Waals surface area contributed by atoms with Gasteiger partial charge in [-0.3, -0.25) is 4.79 Å². The maximum atomic E-state index is 12.5. The van der Waals surface area contributed by atoms with E-state index in [0.717, 1.165) is 32.9 Å². The van der Waals surface area contributed by atoms with Gasteiger partial charge < -0.3 is 5.32 Å². The first kappa shape index (κ1) is 18.4. The Bertz CT molecular complexity index is 855. The Hall–Kier alpha value is -2.41. The number of aryl methyl sites for hydroxylation is 1. The summed E-state index contributed by atoms with van der Waals surface area (Å²) in [4.78, 5) is 16.4. The van der Waals surface area contributed by atoms with Gasteiger partial charge in [-0.25, -0.2) is 4.98 Å². The number of carbonyl (C=O) groups excluding carboxylic acids is 1. The zero-order chi connectivity index (χ0) is 18.6. The molecule has 3 rings (SSSR count). The van der Waals surface area contributed by atoms with Gasteiger partial charge in [0, 0.05) is 19.4 Å². The van der Waals surface area contributed by atoms with Crippen LogP contribution in [0, 0.1) is 0 Å². The summed E-state index contributed by atoms with van der Waals surface area (Å²) in [5.41, 5.74) is 1.03. The highest BCUT2D eigenvalue weighted by Gasteiger charge is 2.29. The molecule has 7 heteroatoms. The van der Waals surface area contributed by atoms with E-state index in [0.29, 0.717) is 25.8 Å². The maximum absolute atomic E-state index is 12.5. The van der Waals surface area contributed by atoms with Crippen molar-refractivity contribution in [2.24, 2.45) is 0 Å². The Kier molecular flexibility index (Phi) is 5.56. The second-order valence-electron chi connectivity index (χ2n) is 5.87. The van der Waals surface area contributed by atoms with E-state index in [4.69, 9.17) is 0 Å². The van der Waals surface area contributed by atoms with Crippen LogP contribution in [0.4, 0.5) is 13.2 Å². The monoisotopic (exact) mass is 378 g/mol. The SMILES string of the molecule is O=C(CCc1nc2ccccc2s1)NCCc1ccc(C(F)(F)F)cc1. The molecule has 0 spiro atoms. The summed E-state index contributed by atoms with van der Waals surface area (Å²) in [6.07, 6.45) is -2.92. The van der Waals surface area contributed by atoms with Crippen molar-refractivity contribution in [3.63, 3.8) is 0 Å². The quantitative estimate of drug-likeness (QED) is 0.681. The third-order valence-corrected chi connectivity index (χ3v) is 5.02. The molecular formula is C19H17F3N2OS. The average Bonchev–Trinajstić information content (AvgIpc) is 3.03. The van der Waals surface area contributed by atoms with Gasteiger partial charge in [0.1, 0.15) is 0 Å². The standard InChI is InChI=1S/C19H17F3N2OS/c20-19(21,22)14-7-5-13(6-8-14)11-12-23-17(25)9-10-18-24-15-3-1-2-4-16(15)26-18/h1-8H,9-12H2,(H,23,25). The number of fused-ring (bicyclic) bond motifs is 1. The van der Waals surface area contributed by atoms with Gasteiger partial charge in [-0.15, -0.1) is 11.3 Å². The number of hydrogen-bond donors (Lipinski definition) is 1. The minimum Gasteiger partial charge on any atom is -0.356 e. The first-order valence-corrected chi connectivity index (χ1v) is 9.01. The van der Waals surface area contributed by atoms with E-state index in [9.17, 15) is 18.0 Å². The molecule has 3 nitrogen and oxygen atoms in total. The third kappa shape index (κ3) is 4.82. The van der Waals surface area contributed by atoms with Crippen LogP contribution in [0.2, 0.25) is 0 Å². The predicted molar refractivity (Wildman–Crippen MR) is 96.1 cm³/mol. The second-order valence-corrected chi connectivity index (χ2v) is 6.99. The molecule has 0 unspecified atom stereocenters. The summed E-state index contributed by atoms with van der Waals surface area (Å²) in [6, 6.07) is 12.8. The van der Waals surface area contributed by atoms with Crippen molar-refractivity contribution < 1.29 is 18.0 Å². The Balaban J connectivity index is 1.42. The highest BCUT2D eigenvalue weighted by Crippen LogP contribution is 2.29. The molecule has 1 amide bonds. The number of hydrogen-bond acceptors (Lipinski definition) is 3. The molecule has 136 valence electrons.